The molecule has 1 aliphatic heterocycles. The third-order valence-corrected chi connectivity index (χ3v) is 8.04. The second-order valence-electron chi connectivity index (χ2n) is 10.00. The molecule has 1 saturated carbocycles. The Morgan fingerprint density at radius 2 is 1.73 bits per heavy atom. The average Bonchev–Trinajstić information content (AvgIpc) is 3.65. The predicted molar refractivity (Wildman–Crippen MR) is 140 cm³/mol. The van der Waals surface area contributed by atoms with E-state index in [1.54, 1.807) is 6.07 Å². The van der Waals surface area contributed by atoms with Crippen LogP contribution in [0.15, 0.2) is 59.8 Å². The van der Waals surface area contributed by atoms with Crippen molar-refractivity contribution in [2.75, 3.05) is 16.5 Å². The quantitative estimate of drug-likeness (QED) is 0.453. The van der Waals surface area contributed by atoms with Gasteiger partial charge in [-0.25, -0.2) is 18.4 Å². The summed E-state index contributed by atoms with van der Waals surface area (Å²) >= 11 is 0. The van der Waals surface area contributed by atoms with Crippen LogP contribution in [0, 0.1) is 0 Å². The number of benzene rings is 2. The summed E-state index contributed by atoms with van der Waals surface area (Å²) in [7, 11) is -3.46. The third kappa shape index (κ3) is 5.79. The zero-order valence-electron chi connectivity index (χ0n) is 21.6. The standard InChI is InChI=1S/C27H26F3N5O4S/c1-16(36)34-15-18-11-22(40(2,38)39)9-10-23(18)24(34)25(37)33-20-12-31-26(32-13-20)35(21-7-8-21)14-17-3-5-19(6-4-17)27(28,29)30/h3-6,9-13,21,24H,7-8,14-15H2,1-2H3,(H,33,37)/t24-/m1/s1. The van der Waals surface area contributed by atoms with Crippen LogP contribution < -0.4 is 10.2 Å². The van der Waals surface area contributed by atoms with E-state index >= 15 is 0 Å². The maximum absolute atomic E-state index is 13.3. The van der Waals surface area contributed by atoms with Crippen molar-refractivity contribution in [1.82, 2.24) is 14.9 Å². The van der Waals surface area contributed by atoms with Crippen molar-refractivity contribution in [2.45, 2.75) is 56.0 Å². The molecule has 1 atom stereocenters. The summed E-state index contributed by atoms with van der Waals surface area (Å²) in [5.41, 5.74) is 1.38. The number of rotatable bonds is 7. The molecule has 0 radical (unpaired) electrons. The maximum Gasteiger partial charge on any atom is 0.416 e. The number of nitrogens with zero attached hydrogens (tertiary/aromatic N) is 4. The number of hydrogen-bond donors (Lipinski definition) is 1. The first-order valence-electron chi connectivity index (χ1n) is 12.5. The van der Waals surface area contributed by atoms with Gasteiger partial charge in [0, 0.05) is 32.3 Å². The second-order valence-corrected chi connectivity index (χ2v) is 12.0. The number of halogens is 3. The lowest BCUT2D eigenvalue weighted by Crippen LogP contribution is -2.35. The van der Waals surface area contributed by atoms with Gasteiger partial charge in [-0.15, -0.1) is 0 Å². The highest BCUT2D eigenvalue weighted by atomic mass is 32.2. The molecule has 1 fully saturated rings. The van der Waals surface area contributed by atoms with Crippen LogP contribution in [-0.4, -0.2) is 47.4 Å². The van der Waals surface area contributed by atoms with Crippen LogP contribution >= 0.6 is 0 Å². The Kier molecular flexibility index (Phi) is 7.02. The summed E-state index contributed by atoms with van der Waals surface area (Å²) < 4.78 is 62.6. The summed E-state index contributed by atoms with van der Waals surface area (Å²) in [6, 6.07) is 8.63. The van der Waals surface area contributed by atoms with Gasteiger partial charge in [0.1, 0.15) is 6.04 Å². The molecule has 2 amide bonds. The van der Waals surface area contributed by atoms with Gasteiger partial charge < -0.3 is 15.1 Å². The molecule has 210 valence electrons. The molecule has 5 rings (SSSR count). The molecule has 40 heavy (non-hydrogen) atoms. The SMILES string of the molecule is CC(=O)N1Cc2cc(S(C)(=O)=O)ccc2[C@@H]1C(=O)Nc1cnc(N(Cc2ccc(C(F)(F)F)cc2)C2CC2)nc1. The Balaban J connectivity index is 1.32. The van der Waals surface area contributed by atoms with E-state index < -0.39 is 33.5 Å². The van der Waals surface area contributed by atoms with E-state index in [0.29, 0.717) is 34.9 Å². The van der Waals surface area contributed by atoms with Crippen LogP contribution in [0.1, 0.15) is 48.1 Å². The van der Waals surface area contributed by atoms with Gasteiger partial charge in [0.25, 0.3) is 5.91 Å². The zero-order valence-corrected chi connectivity index (χ0v) is 22.5. The van der Waals surface area contributed by atoms with Gasteiger partial charge in [0.15, 0.2) is 9.84 Å². The van der Waals surface area contributed by atoms with Crippen molar-refractivity contribution < 1.29 is 31.2 Å². The number of hydrogen-bond acceptors (Lipinski definition) is 7. The normalized spacial score (nSPS) is 16.9. The Bertz CT molecular complexity index is 1560. The van der Waals surface area contributed by atoms with Crippen molar-refractivity contribution in [2.24, 2.45) is 0 Å². The Hall–Kier alpha value is -4.00. The topological polar surface area (TPSA) is 113 Å². The van der Waals surface area contributed by atoms with Crippen LogP contribution in [0.5, 0.6) is 0 Å². The van der Waals surface area contributed by atoms with Crippen molar-refractivity contribution in [3.8, 4) is 0 Å². The van der Waals surface area contributed by atoms with Gasteiger partial charge in [-0.3, -0.25) is 9.59 Å². The van der Waals surface area contributed by atoms with Gasteiger partial charge >= 0.3 is 6.18 Å². The summed E-state index contributed by atoms with van der Waals surface area (Å²) in [5.74, 6) is -0.460. The van der Waals surface area contributed by atoms with E-state index in [9.17, 15) is 31.2 Å². The van der Waals surface area contributed by atoms with Crippen molar-refractivity contribution in [3.05, 3.63) is 77.1 Å². The molecule has 1 aromatic heterocycles. The molecule has 0 spiro atoms. The van der Waals surface area contributed by atoms with Crippen molar-refractivity contribution in [1.29, 1.82) is 0 Å². The fourth-order valence-corrected chi connectivity index (χ4v) is 5.40. The monoisotopic (exact) mass is 573 g/mol. The van der Waals surface area contributed by atoms with Crippen molar-refractivity contribution >= 4 is 33.3 Å². The Labute approximate surface area is 229 Å². The molecular weight excluding hydrogens is 547 g/mol. The largest absolute Gasteiger partial charge is 0.416 e. The summed E-state index contributed by atoms with van der Waals surface area (Å²) in [6.07, 6.45) is 1.37. The smallest absolute Gasteiger partial charge is 0.334 e. The zero-order chi connectivity index (χ0) is 28.8. The number of aromatic nitrogens is 2. The van der Waals surface area contributed by atoms with Gasteiger partial charge in [0.05, 0.1) is 28.5 Å². The van der Waals surface area contributed by atoms with Crippen molar-refractivity contribution in [3.63, 3.8) is 0 Å². The predicted octanol–water partition coefficient (Wildman–Crippen LogP) is 4.11. The number of amides is 2. The summed E-state index contributed by atoms with van der Waals surface area (Å²) in [4.78, 5) is 37.7. The fourth-order valence-electron chi connectivity index (χ4n) is 4.72. The summed E-state index contributed by atoms with van der Waals surface area (Å²) in [6.45, 7) is 1.77. The van der Waals surface area contributed by atoms with E-state index in [-0.39, 0.29) is 23.4 Å². The first kappa shape index (κ1) is 27.6. The van der Waals surface area contributed by atoms with E-state index in [1.807, 2.05) is 4.90 Å². The minimum atomic E-state index is -4.40. The number of alkyl halides is 3. The molecule has 0 saturated heterocycles. The number of carbonyl (C=O) groups excluding carboxylic acids is 2. The van der Waals surface area contributed by atoms with Gasteiger partial charge in [-0.1, -0.05) is 18.2 Å². The highest BCUT2D eigenvalue weighted by molar-refractivity contribution is 7.90. The van der Waals surface area contributed by atoms with Gasteiger partial charge in [0.2, 0.25) is 11.9 Å². The molecule has 2 heterocycles. The molecule has 2 aromatic carbocycles. The van der Waals surface area contributed by atoms with E-state index in [1.165, 1.54) is 48.5 Å². The van der Waals surface area contributed by atoms with E-state index in [2.05, 4.69) is 15.3 Å². The first-order chi connectivity index (χ1) is 18.8. The highest BCUT2D eigenvalue weighted by Crippen LogP contribution is 2.36. The molecule has 1 N–H and O–H groups in total. The minimum absolute atomic E-state index is 0.0991. The van der Waals surface area contributed by atoms with Gasteiger partial charge in [-0.2, -0.15) is 13.2 Å². The lowest BCUT2D eigenvalue weighted by molar-refractivity contribution is -0.137. The fraction of sp³-hybridized carbons (Fsp3) is 0.333. The molecule has 0 unspecified atom stereocenters. The Morgan fingerprint density at radius 3 is 2.27 bits per heavy atom. The van der Waals surface area contributed by atoms with Gasteiger partial charge in [-0.05, 0) is 53.8 Å². The van der Waals surface area contributed by atoms with E-state index in [4.69, 9.17) is 0 Å². The number of carbonyl (C=O) groups is 2. The molecule has 13 heteroatoms. The molecule has 3 aromatic rings. The molecular formula is C27H26F3N5O4S. The first-order valence-corrected chi connectivity index (χ1v) is 14.4. The van der Waals surface area contributed by atoms with Crippen LogP contribution in [0.2, 0.25) is 0 Å². The lowest BCUT2D eigenvalue weighted by Gasteiger charge is -2.24. The number of nitrogens with one attached hydrogen (secondary N) is 1. The van der Waals surface area contributed by atoms with E-state index in [0.717, 1.165) is 31.2 Å². The third-order valence-electron chi connectivity index (χ3n) is 6.93. The lowest BCUT2D eigenvalue weighted by atomic mass is 10.0. The molecule has 1 aliphatic carbocycles. The second kappa shape index (κ2) is 10.2. The summed E-state index contributed by atoms with van der Waals surface area (Å²) in [5, 5.41) is 2.73. The molecule has 0 bridgehead atoms. The van der Waals surface area contributed by atoms with Crippen LogP contribution in [0.4, 0.5) is 24.8 Å². The number of fused-ring (bicyclic) bond motifs is 1. The number of anilines is 2. The minimum Gasteiger partial charge on any atom is -0.334 e. The maximum atomic E-state index is 13.3. The van der Waals surface area contributed by atoms with Crippen LogP contribution in [0.3, 0.4) is 0 Å². The average molecular weight is 574 g/mol. The van der Waals surface area contributed by atoms with Crippen LogP contribution in [-0.2, 0) is 38.7 Å². The Morgan fingerprint density at radius 1 is 1.07 bits per heavy atom. The van der Waals surface area contributed by atoms with Crippen LogP contribution in [0.25, 0.3) is 0 Å². The number of sulfone groups is 1. The molecule has 2 aliphatic rings. The highest BCUT2D eigenvalue weighted by Gasteiger charge is 2.38. The molecule has 9 nitrogen and oxygen atoms in total.